The first-order valence-electron chi connectivity index (χ1n) is 10.7. The number of piperidine rings is 1. The molecule has 2 atom stereocenters. The van der Waals surface area contributed by atoms with Crippen LogP contribution in [0.25, 0.3) is 0 Å². The molecular weight excluding hydrogens is 290 g/mol. The van der Waals surface area contributed by atoms with E-state index in [2.05, 4.69) is 18.7 Å². The van der Waals surface area contributed by atoms with Crippen molar-refractivity contribution in [2.45, 2.75) is 39.2 Å². The van der Waals surface area contributed by atoms with Gasteiger partial charge in [0.1, 0.15) is 5.78 Å². The van der Waals surface area contributed by atoms with Crippen molar-refractivity contribution >= 4 is 5.78 Å². The number of Topliss-reactive ketones (excluding diaryl/α,β-unsaturated/α-hetero) is 1. The van der Waals surface area contributed by atoms with E-state index in [-0.39, 0.29) is 47.7 Å². The average Bonchev–Trinajstić information content (AvgIpc) is 2.58. The largest absolute Gasteiger partial charge is 0.493 e. The molecular formula is C19H27NO3. The van der Waals surface area contributed by atoms with Gasteiger partial charge in [0.25, 0.3) is 0 Å². The van der Waals surface area contributed by atoms with Crippen molar-refractivity contribution < 1.29 is 21.1 Å². The first-order chi connectivity index (χ1) is 13.0. The number of benzene rings is 1. The predicted octanol–water partition coefficient (Wildman–Crippen LogP) is 3.24. The Balaban J connectivity index is 2.05. The lowest BCUT2D eigenvalue weighted by molar-refractivity contribution is -0.129. The van der Waals surface area contributed by atoms with E-state index in [1.54, 1.807) is 0 Å². The van der Waals surface area contributed by atoms with E-state index in [1.807, 2.05) is 0 Å². The van der Waals surface area contributed by atoms with Gasteiger partial charge in [-0.05, 0) is 42.0 Å². The molecule has 0 aliphatic carbocycles. The zero-order valence-corrected chi connectivity index (χ0v) is 13.9. The average molecular weight is 322 g/mol. The lowest BCUT2D eigenvalue weighted by atomic mass is 9.80. The summed E-state index contributed by atoms with van der Waals surface area (Å²) in [5, 5.41) is 0. The van der Waals surface area contributed by atoms with Crippen LogP contribution in [0.15, 0.2) is 12.1 Å². The molecule has 1 saturated heterocycles. The highest BCUT2D eigenvalue weighted by Gasteiger charge is 2.38. The minimum Gasteiger partial charge on any atom is -0.493 e. The van der Waals surface area contributed by atoms with Crippen LogP contribution in [0, 0.1) is 11.8 Å². The van der Waals surface area contributed by atoms with E-state index in [9.17, 15) is 4.79 Å². The van der Waals surface area contributed by atoms with E-state index in [0.29, 0.717) is 36.6 Å². The van der Waals surface area contributed by atoms with Gasteiger partial charge < -0.3 is 9.47 Å². The van der Waals surface area contributed by atoms with Gasteiger partial charge in [-0.15, -0.1) is 0 Å². The summed E-state index contributed by atoms with van der Waals surface area (Å²) in [5.74, 6) is 0.303. The fraction of sp³-hybridized carbons (Fsp3) is 0.632. The molecule has 4 heteroatoms. The highest BCUT2D eigenvalue weighted by Crippen LogP contribution is 2.42. The van der Waals surface area contributed by atoms with Crippen molar-refractivity contribution in [3.05, 3.63) is 23.2 Å². The first kappa shape index (κ1) is 11.1. The van der Waals surface area contributed by atoms with Crippen LogP contribution in [0.1, 0.15) is 50.7 Å². The summed E-state index contributed by atoms with van der Waals surface area (Å²) in [6.07, 6.45) is 1.67. The van der Waals surface area contributed by atoms with E-state index >= 15 is 0 Å². The monoisotopic (exact) mass is 322 g/mol. The Morgan fingerprint density at radius 3 is 2.87 bits per heavy atom. The number of nitrogens with zero attached hydrogens (tertiary/aromatic N) is 1. The molecule has 2 aliphatic rings. The lowest BCUT2D eigenvalue weighted by Gasteiger charge is -2.43. The zero-order valence-electron chi connectivity index (χ0n) is 18.9. The van der Waals surface area contributed by atoms with Crippen LogP contribution in [-0.2, 0) is 11.2 Å². The number of ketones is 1. The van der Waals surface area contributed by atoms with Gasteiger partial charge in [0.2, 0.25) is 0 Å². The maximum atomic E-state index is 12.7. The van der Waals surface area contributed by atoms with Crippen LogP contribution in [0.2, 0.25) is 0 Å². The number of ether oxygens (including phenoxy) is 2. The fourth-order valence-corrected chi connectivity index (χ4v) is 3.77. The smallest absolute Gasteiger partial charge is 0.161 e. The molecule has 4 nitrogen and oxygen atoms in total. The Morgan fingerprint density at radius 1 is 1.39 bits per heavy atom. The number of carbonyl (C=O) groups is 1. The second kappa shape index (κ2) is 6.52. The van der Waals surface area contributed by atoms with E-state index in [4.69, 9.17) is 16.3 Å². The van der Waals surface area contributed by atoms with E-state index < -0.39 is 7.04 Å². The van der Waals surface area contributed by atoms with Gasteiger partial charge >= 0.3 is 0 Å². The quantitative estimate of drug-likeness (QED) is 0.853. The lowest BCUT2D eigenvalue weighted by Crippen LogP contribution is -2.46. The van der Waals surface area contributed by atoms with Crippen LogP contribution in [0.4, 0.5) is 0 Å². The molecule has 126 valence electrons. The maximum absolute atomic E-state index is 12.7. The Hall–Kier alpha value is -1.55. The molecule has 2 unspecified atom stereocenters. The molecule has 1 aromatic rings. The minimum absolute atomic E-state index is 0.0150. The molecule has 0 saturated carbocycles. The van der Waals surface area contributed by atoms with Gasteiger partial charge in [-0.3, -0.25) is 9.69 Å². The van der Waals surface area contributed by atoms with E-state index in [1.165, 1.54) is 7.11 Å². The van der Waals surface area contributed by atoms with Crippen molar-refractivity contribution in [1.82, 2.24) is 4.90 Å². The molecule has 1 aromatic carbocycles. The summed E-state index contributed by atoms with van der Waals surface area (Å²) >= 11 is 0. The number of methoxy groups -OCH3 is 2. The third-order valence-electron chi connectivity index (χ3n) is 4.83. The minimum atomic E-state index is -2.76. The molecule has 2 heterocycles. The maximum Gasteiger partial charge on any atom is 0.161 e. The van der Waals surface area contributed by atoms with Gasteiger partial charge in [0.15, 0.2) is 11.5 Å². The molecule has 0 amide bonds. The van der Waals surface area contributed by atoms with Crippen molar-refractivity contribution in [2.24, 2.45) is 11.8 Å². The Kier molecular flexibility index (Phi) is 3.14. The first-order valence-corrected chi connectivity index (χ1v) is 8.19. The molecule has 0 radical (unpaired) electrons. The van der Waals surface area contributed by atoms with Gasteiger partial charge in [0.05, 0.1) is 21.0 Å². The molecule has 1 fully saturated rings. The predicted molar refractivity (Wildman–Crippen MR) is 90.1 cm³/mol. The summed E-state index contributed by atoms with van der Waals surface area (Å²) in [7, 11) is -1.43. The van der Waals surface area contributed by atoms with Crippen LogP contribution in [0.3, 0.4) is 0 Å². The molecule has 2 aliphatic heterocycles. The standard InChI is InChI=1S/C19H27NO3/c1-12(2)7-14-11-20-6-5-13-8-18(22-3)19(23-4)9-15(13)16(20)10-17(14)21/h8-9,12,14,16H,5-7,10-11H2,1-4H3/i4D3,8D,9D. The highest BCUT2D eigenvalue weighted by atomic mass is 16.5. The van der Waals surface area contributed by atoms with Gasteiger partial charge in [0, 0.05) is 31.5 Å². The third-order valence-corrected chi connectivity index (χ3v) is 4.83. The number of hydrogen-bond acceptors (Lipinski definition) is 4. The molecule has 0 aromatic heterocycles. The van der Waals surface area contributed by atoms with Gasteiger partial charge in [-0.1, -0.05) is 13.8 Å². The summed E-state index contributed by atoms with van der Waals surface area (Å²) in [6, 6.07) is -0.367. The van der Waals surface area contributed by atoms with Crippen LogP contribution in [0.5, 0.6) is 11.5 Å². The van der Waals surface area contributed by atoms with Crippen molar-refractivity contribution in [3.8, 4) is 11.5 Å². The molecule has 3 rings (SSSR count). The van der Waals surface area contributed by atoms with E-state index in [0.717, 1.165) is 6.42 Å². The Labute approximate surface area is 145 Å². The number of rotatable bonds is 4. The van der Waals surface area contributed by atoms with Crippen LogP contribution < -0.4 is 9.47 Å². The van der Waals surface area contributed by atoms with Gasteiger partial charge in [-0.25, -0.2) is 0 Å². The Bertz CT molecular complexity index is 778. The second-order valence-electron chi connectivity index (χ2n) is 6.86. The zero-order chi connectivity index (χ0) is 20.8. The summed E-state index contributed by atoms with van der Waals surface area (Å²) in [4.78, 5) is 14.9. The topological polar surface area (TPSA) is 38.8 Å². The molecule has 0 N–H and O–H groups in total. The normalized spacial score (nSPS) is 28.0. The highest BCUT2D eigenvalue weighted by molar-refractivity contribution is 5.83. The number of carbonyl (C=O) groups excluding carboxylic acids is 1. The molecule has 0 bridgehead atoms. The van der Waals surface area contributed by atoms with Crippen molar-refractivity contribution in [3.63, 3.8) is 0 Å². The summed E-state index contributed by atoms with van der Waals surface area (Å²) in [5.41, 5.74) is 1.18. The SMILES string of the molecule is [2H]c1c2c(c([2H])c(OC([2H])([2H])[2H])c1OC)C1CC(=O)C(CC(C)C)CN1CC2. The number of hydrogen-bond donors (Lipinski definition) is 0. The molecule has 23 heavy (non-hydrogen) atoms. The van der Waals surface area contributed by atoms with Crippen LogP contribution in [-0.4, -0.2) is 37.9 Å². The fourth-order valence-electron chi connectivity index (χ4n) is 3.77. The summed E-state index contributed by atoms with van der Waals surface area (Å²) < 4.78 is 49.6. The third kappa shape index (κ3) is 3.09. The number of fused-ring (bicyclic) bond motifs is 3. The van der Waals surface area contributed by atoms with Crippen molar-refractivity contribution in [2.75, 3.05) is 27.2 Å². The van der Waals surface area contributed by atoms with Crippen molar-refractivity contribution in [1.29, 1.82) is 0 Å². The summed E-state index contributed by atoms with van der Waals surface area (Å²) in [6.45, 7) is 5.54. The van der Waals surface area contributed by atoms with Gasteiger partial charge in [-0.2, -0.15) is 0 Å². The second-order valence-corrected chi connectivity index (χ2v) is 6.86. The van der Waals surface area contributed by atoms with Crippen LogP contribution >= 0.6 is 0 Å². The molecule has 0 spiro atoms. The Morgan fingerprint density at radius 2 is 2.17 bits per heavy atom.